The molecule has 1 fully saturated rings. The summed E-state index contributed by atoms with van der Waals surface area (Å²) in [7, 11) is 1.23. The molecule has 3 amide bonds. The lowest BCUT2D eigenvalue weighted by molar-refractivity contribution is -0.145. The van der Waals surface area contributed by atoms with Crippen LogP contribution in [0.15, 0.2) is 120 Å². The van der Waals surface area contributed by atoms with Crippen LogP contribution in [0, 0.1) is 12.3 Å². The highest BCUT2D eigenvalue weighted by molar-refractivity contribution is 5.94. The summed E-state index contributed by atoms with van der Waals surface area (Å²) in [4.78, 5) is 59.7. The van der Waals surface area contributed by atoms with E-state index in [0.717, 1.165) is 38.6 Å². The van der Waals surface area contributed by atoms with Crippen molar-refractivity contribution in [2.45, 2.75) is 49.3 Å². The second kappa shape index (κ2) is 18.3. The van der Waals surface area contributed by atoms with E-state index in [1.807, 2.05) is 91.0 Å². The number of esters is 1. The molecule has 0 unspecified atom stereocenters. The van der Waals surface area contributed by atoms with Crippen LogP contribution in [0.25, 0.3) is 32.3 Å². The Morgan fingerprint density at radius 3 is 2.17 bits per heavy atom. The summed E-state index contributed by atoms with van der Waals surface area (Å²) >= 11 is 0. The monoisotopic (exact) mass is 790 g/mol. The van der Waals surface area contributed by atoms with Crippen LogP contribution in [-0.4, -0.2) is 79.8 Å². The molecule has 1 aliphatic heterocycles. The summed E-state index contributed by atoms with van der Waals surface area (Å²) in [5, 5.41) is 11.4. The number of ether oxygens (including phenoxy) is 3. The van der Waals surface area contributed by atoms with Gasteiger partial charge in [-0.15, -0.1) is 6.42 Å². The smallest absolute Gasteiger partial charge is 0.410 e. The lowest BCUT2D eigenvalue weighted by atomic mass is 9.98. The van der Waals surface area contributed by atoms with Gasteiger partial charge in [-0.05, 0) is 68.2 Å². The minimum atomic E-state index is -1.20. The van der Waals surface area contributed by atoms with Crippen LogP contribution in [0.4, 0.5) is 4.79 Å². The van der Waals surface area contributed by atoms with Crippen LogP contribution < -0.4 is 15.4 Å². The SMILES string of the molecule is C#CCOc1ccc(C[C@H](NC(=O)[C@H](Cc2ccc3ccccc3c2)NC(=O)[C@@H]2C[C@H](N=[N+]=[N-])CN2C(=O)OCC2c3ccccc3-c3ccccc32)C(=O)OC)cc1. The van der Waals surface area contributed by atoms with E-state index in [-0.39, 0.29) is 44.9 Å². The predicted octanol–water partition coefficient (Wildman–Crippen LogP) is 6.48. The number of nitrogens with one attached hydrogen (secondary N) is 2. The van der Waals surface area contributed by atoms with Crippen molar-refractivity contribution in [2.24, 2.45) is 5.11 Å². The number of amides is 3. The Kier molecular flexibility index (Phi) is 12.4. The summed E-state index contributed by atoms with van der Waals surface area (Å²) in [5.41, 5.74) is 14.9. The number of carbonyl (C=O) groups excluding carboxylic acids is 4. The maximum Gasteiger partial charge on any atom is 0.410 e. The van der Waals surface area contributed by atoms with Gasteiger partial charge in [0, 0.05) is 30.2 Å². The molecule has 4 atom stereocenters. The van der Waals surface area contributed by atoms with Gasteiger partial charge >= 0.3 is 12.1 Å². The number of hydrogen-bond donors (Lipinski definition) is 2. The topological polar surface area (TPSA) is 172 Å². The molecule has 1 saturated heterocycles. The molecule has 2 aliphatic rings. The molecule has 1 aliphatic carbocycles. The van der Waals surface area contributed by atoms with E-state index in [1.165, 1.54) is 12.0 Å². The van der Waals surface area contributed by atoms with Gasteiger partial charge in [-0.1, -0.05) is 114 Å². The van der Waals surface area contributed by atoms with E-state index in [1.54, 1.807) is 24.3 Å². The molecule has 13 nitrogen and oxygen atoms in total. The van der Waals surface area contributed by atoms with Gasteiger partial charge in [-0.3, -0.25) is 14.5 Å². The van der Waals surface area contributed by atoms with Gasteiger partial charge in [0.2, 0.25) is 11.8 Å². The van der Waals surface area contributed by atoms with Crippen LogP contribution in [0.2, 0.25) is 0 Å². The van der Waals surface area contributed by atoms with Crippen molar-refractivity contribution in [1.29, 1.82) is 0 Å². The number of fused-ring (bicyclic) bond motifs is 4. The molecule has 0 radical (unpaired) electrons. The molecule has 5 aromatic rings. The molecule has 13 heteroatoms. The Balaban J connectivity index is 1.11. The van der Waals surface area contributed by atoms with E-state index in [0.29, 0.717) is 11.3 Å². The van der Waals surface area contributed by atoms with Crippen LogP contribution in [0.1, 0.15) is 34.6 Å². The molecule has 59 heavy (non-hydrogen) atoms. The molecule has 298 valence electrons. The van der Waals surface area contributed by atoms with Gasteiger partial charge in [-0.25, -0.2) is 9.59 Å². The van der Waals surface area contributed by atoms with E-state index in [2.05, 4.69) is 26.6 Å². The third-order valence-electron chi connectivity index (χ3n) is 10.7. The Morgan fingerprint density at radius 2 is 1.49 bits per heavy atom. The first-order valence-electron chi connectivity index (χ1n) is 19.2. The van der Waals surface area contributed by atoms with Gasteiger partial charge in [-0.2, -0.15) is 0 Å². The number of benzene rings is 5. The average Bonchev–Trinajstić information content (AvgIpc) is 3.84. The first-order chi connectivity index (χ1) is 28.8. The van der Waals surface area contributed by atoms with Crippen molar-refractivity contribution in [1.82, 2.24) is 15.5 Å². The standard InChI is InChI=1S/C46H42N6O7/c1-3-22-58-34-20-17-29(18-21-34)24-41(45(55)57-2)49-43(53)40(25-30-16-19-31-10-4-5-11-32(31)23-30)48-44(54)42-26-33(50-51-47)27-52(42)46(56)59-28-39-37-14-8-6-12-35(37)36-13-7-9-15-38(36)39/h1,4-21,23,33,39-42H,22,24-28H2,2H3,(H,48,54)(H,49,53)/t33-,40-,41-,42-/m0/s1. The molecule has 0 spiro atoms. The van der Waals surface area contributed by atoms with E-state index < -0.39 is 48.0 Å². The second-order valence-corrected chi connectivity index (χ2v) is 14.4. The molecule has 0 aromatic heterocycles. The Hall–Kier alpha value is -7.29. The molecule has 1 heterocycles. The van der Waals surface area contributed by atoms with Crippen molar-refractivity contribution in [3.8, 4) is 29.2 Å². The number of nitrogens with zero attached hydrogens (tertiary/aromatic N) is 4. The summed E-state index contributed by atoms with van der Waals surface area (Å²) in [6.45, 7) is 0.0603. The number of carbonyl (C=O) groups is 4. The van der Waals surface area contributed by atoms with Gasteiger partial charge in [0.05, 0.1) is 13.2 Å². The third-order valence-corrected chi connectivity index (χ3v) is 10.7. The van der Waals surface area contributed by atoms with Gasteiger partial charge in [0.15, 0.2) is 0 Å². The molecule has 0 bridgehead atoms. The first kappa shape index (κ1) is 39.9. The van der Waals surface area contributed by atoms with Gasteiger partial charge in [0.1, 0.15) is 37.1 Å². The number of azide groups is 1. The lowest BCUT2D eigenvalue weighted by Crippen LogP contribution is -2.56. The van der Waals surface area contributed by atoms with Crippen LogP contribution in [0.5, 0.6) is 5.75 Å². The molecule has 2 N–H and O–H groups in total. The maximum absolute atomic E-state index is 14.3. The highest BCUT2D eigenvalue weighted by Crippen LogP contribution is 2.44. The maximum atomic E-state index is 14.3. The summed E-state index contributed by atoms with van der Waals surface area (Å²) in [6.07, 6.45) is 4.69. The largest absolute Gasteiger partial charge is 0.481 e. The summed E-state index contributed by atoms with van der Waals surface area (Å²) < 4.78 is 16.4. The molecular formula is C46H42N6O7. The van der Waals surface area contributed by atoms with Crippen molar-refractivity contribution < 1.29 is 33.4 Å². The number of likely N-dealkylation sites (tertiary alicyclic amines) is 1. The second-order valence-electron chi connectivity index (χ2n) is 14.4. The Bertz CT molecular complexity index is 2410. The first-order valence-corrected chi connectivity index (χ1v) is 19.2. The normalized spacial score (nSPS) is 16.4. The van der Waals surface area contributed by atoms with E-state index >= 15 is 0 Å². The number of terminal acetylenes is 1. The minimum absolute atomic E-state index is 0.0102. The van der Waals surface area contributed by atoms with E-state index in [9.17, 15) is 24.7 Å². The molecule has 5 aromatic carbocycles. The number of rotatable bonds is 14. The summed E-state index contributed by atoms with van der Waals surface area (Å²) in [5.74, 6) is 0.762. The zero-order valence-corrected chi connectivity index (χ0v) is 32.3. The van der Waals surface area contributed by atoms with Crippen LogP contribution in [-0.2, 0) is 36.7 Å². The number of methoxy groups -OCH3 is 1. The van der Waals surface area contributed by atoms with E-state index in [4.69, 9.17) is 20.6 Å². The fourth-order valence-corrected chi connectivity index (χ4v) is 7.87. The fourth-order valence-electron chi connectivity index (χ4n) is 7.87. The highest BCUT2D eigenvalue weighted by Gasteiger charge is 2.42. The average molecular weight is 791 g/mol. The third kappa shape index (κ3) is 9.14. The van der Waals surface area contributed by atoms with Crippen molar-refractivity contribution in [3.05, 3.63) is 148 Å². The zero-order valence-electron chi connectivity index (χ0n) is 32.3. The van der Waals surface area contributed by atoms with Crippen molar-refractivity contribution in [3.63, 3.8) is 0 Å². The fraction of sp³-hybridized carbons (Fsp3) is 0.261. The van der Waals surface area contributed by atoms with Crippen LogP contribution >= 0.6 is 0 Å². The van der Waals surface area contributed by atoms with Crippen LogP contribution in [0.3, 0.4) is 0 Å². The van der Waals surface area contributed by atoms with Crippen molar-refractivity contribution >= 4 is 34.6 Å². The Labute approximate surface area is 341 Å². The molecule has 7 rings (SSSR count). The minimum Gasteiger partial charge on any atom is -0.481 e. The quantitative estimate of drug-likeness (QED) is 0.0426. The highest BCUT2D eigenvalue weighted by atomic mass is 16.6. The molecule has 0 saturated carbocycles. The number of hydrogen-bond acceptors (Lipinski definition) is 8. The lowest BCUT2D eigenvalue weighted by Gasteiger charge is -2.27. The van der Waals surface area contributed by atoms with Gasteiger partial charge < -0.3 is 24.8 Å². The predicted molar refractivity (Wildman–Crippen MR) is 221 cm³/mol. The Morgan fingerprint density at radius 1 is 0.847 bits per heavy atom. The van der Waals surface area contributed by atoms with Crippen molar-refractivity contribution in [2.75, 3.05) is 26.9 Å². The molecular weight excluding hydrogens is 749 g/mol. The van der Waals surface area contributed by atoms with Gasteiger partial charge in [0.25, 0.3) is 0 Å². The zero-order chi connectivity index (χ0) is 41.3. The summed E-state index contributed by atoms with van der Waals surface area (Å²) in [6, 6.07) is 32.2.